The molecule has 4 nitrogen and oxygen atoms in total. The Morgan fingerprint density at radius 3 is 2.76 bits per heavy atom. The molecular formula is C13H14N2O2. The molecule has 2 N–H and O–H groups in total. The summed E-state index contributed by atoms with van der Waals surface area (Å²) in [5.74, 6) is 0.659. The molecule has 0 bridgehead atoms. The number of nitrogens with zero attached hydrogens (tertiary/aromatic N) is 1. The highest BCUT2D eigenvalue weighted by Crippen LogP contribution is 2.34. The first-order valence-corrected chi connectivity index (χ1v) is 5.38. The first kappa shape index (κ1) is 11.5. The van der Waals surface area contributed by atoms with Gasteiger partial charge in [0.1, 0.15) is 17.3 Å². The smallest absolute Gasteiger partial charge is 0.246 e. The van der Waals surface area contributed by atoms with E-state index in [2.05, 4.69) is 0 Å². The maximum atomic E-state index is 9.03. The molecule has 0 fully saturated rings. The molecule has 0 spiro atoms. The maximum Gasteiger partial charge on any atom is 0.246 e. The van der Waals surface area contributed by atoms with E-state index in [1.165, 1.54) is 0 Å². The number of nitrogens with two attached hydrogens (primary N) is 1. The highest BCUT2D eigenvalue weighted by atomic mass is 16.5. The summed E-state index contributed by atoms with van der Waals surface area (Å²) in [4.78, 5) is 0. The molecule has 1 aromatic heterocycles. The normalized spacial score (nSPS) is 11.4. The lowest BCUT2D eigenvalue weighted by atomic mass is 10.1. The molecule has 88 valence electrons. The van der Waals surface area contributed by atoms with Gasteiger partial charge in [-0.2, -0.15) is 5.26 Å². The van der Waals surface area contributed by atoms with Crippen LogP contribution in [-0.2, 0) is 0 Å². The van der Waals surface area contributed by atoms with Gasteiger partial charge in [0, 0.05) is 6.54 Å². The van der Waals surface area contributed by atoms with Crippen LogP contribution in [0.3, 0.4) is 0 Å². The van der Waals surface area contributed by atoms with Crippen molar-refractivity contribution in [3.63, 3.8) is 0 Å². The molecule has 0 saturated heterocycles. The number of benzene rings is 1. The molecule has 0 amide bonds. The van der Waals surface area contributed by atoms with E-state index in [0.29, 0.717) is 17.9 Å². The molecule has 0 aliphatic rings. The van der Waals surface area contributed by atoms with Crippen molar-refractivity contribution in [3.05, 3.63) is 30.0 Å². The Bertz CT molecular complexity index is 579. The zero-order valence-electron chi connectivity index (χ0n) is 9.86. The molecule has 0 radical (unpaired) electrons. The molecule has 2 rings (SSSR count). The number of ether oxygens (including phenoxy) is 1. The molecule has 4 heteroatoms. The second-order valence-corrected chi connectivity index (χ2v) is 4.43. The van der Waals surface area contributed by atoms with Crippen molar-refractivity contribution in [2.24, 2.45) is 5.73 Å². The third kappa shape index (κ3) is 2.10. The average molecular weight is 230 g/mol. The van der Waals surface area contributed by atoms with Crippen LogP contribution in [0.4, 0.5) is 0 Å². The number of hydrogen-bond donors (Lipinski definition) is 1. The van der Waals surface area contributed by atoms with E-state index < -0.39 is 5.60 Å². The van der Waals surface area contributed by atoms with E-state index in [1.54, 1.807) is 6.07 Å². The van der Waals surface area contributed by atoms with Gasteiger partial charge in [-0.05, 0) is 26.0 Å². The SMILES string of the molecule is CC(C)(CN)Oc1c(C#N)oc2ccccc12. The largest absolute Gasteiger partial charge is 0.481 e. The number of furan rings is 1. The monoisotopic (exact) mass is 230 g/mol. The first-order chi connectivity index (χ1) is 8.07. The predicted octanol–water partition coefficient (Wildman–Crippen LogP) is 2.42. The highest BCUT2D eigenvalue weighted by Gasteiger charge is 2.23. The third-order valence-corrected chi connectivity index (χ3v) is 2.52. The van der Waals surface area contributed by atoms with Gasteiger partial charge in [0.05, 0.1) is 5.39 Å². The van der Waals surface area contributed by atoms with Crippen LogP contribution in [0.25, 0.3) is 11.0 Å². The van der Waals surface area contributed by atoms with Crippen LogP contribution < -0.4 is 10.5 Å². The maximum absolute atomic E-state index is 9.03. The van der Waals surface area contributed by atoms with Crippen LogP contribution in [0.15, 0.2) is 28.7 Å². The van der Waals surface area contributed by atoms with Gasteiger partial charge in [0.15, 0.2) is 5.75 Å². The summed E-state index contributed by atoms with van der Waals surface area (Å²) in [5, 5.41) is 9.83. The summed E-state index contributed by atoms with van der Waals surface area (Å²) in [5.41, 5.74) is 5.74. The van der Waals surface area contributed by atoms with Gasteiger partial charge in [-0.1, -0.05) is 12.1 Å². The fourth-order valence-electron chi connectivity index (χ4n) is 1.51. The molecule has 17 heavy (non-hydrogen) atoms. The van der Waals surface area contributed by atoms with Crippen LogP contribution in [0.2, 0.25) is 0 Å². The Kier molecular flexibility index (Phi) is 2.78. The fourth-order valence-corrected chi connectivity index (χ4v) is 1.51. The highest BCUT2D eigenvalue weighted by molar-refractivity contribution is 5.86. The summed E-state index contributed by atoms with van der Waals surface area (Å²) >= 11 is 0. The number of nitriles is 1. The molecular weight excluding hydrogens is 216 g/mol. The summed E-state index contributed by atoms with van der Waals surface area (Å²) in [6.07, 6.45) is 0. The Balaban J connectivity index is 2.55. The van der Waals surface area contributed by atoms with Gasteiger partial charge >= 0.3 is 0 Å². The Morgan fingerprint density at radius 1 is 1.41 bits per heavy atom. The third-order valence-electron chi connectivity index (χ3n) is 2.52. The Morgan fingerprint density at radius 2 is 2.12 bits per heavy atom. The van der Waals surface area contributed by atoms with Crippen LogP contribution >= 0.6 is 0 Å². The van der Waals surface area contributed by atoms with Crippen LogP contribution in [0, 0.1) is 11.3 Å². The van der Waals surface area contributed by atoms with Crippen molar-refractivity contribution in [3.8, 4) is 11.8 Å². The second-order valence-electron chi connectivity index (χ2n) is 4.43. The molecule has 1 aromatic carbocycles. The van der Waals surface area contributed by atoms with E-state index >= 15 is 0 Å². The zero-order chi connectivity index (χ0) is 12.5. The molecule has 0 aliphatic carbocycles. The van der Waals surface area contributed by atoms with E-state index in [-0.39, 0.29) is 5.76 Å². The fraction of sp³-hybridized carbons (Fsp3) is 0.308. The van der Waals surface area contributed by atoms with Crippen molar-refractivity contribution in [1.29, 1.82) is 5.26 Å². The molecule has 0 saturated carbocycles. The minimum atomic E-state index is -0.530. The van der Waals surface area contributed by atoms with Gasteiger partial charge in [-0.25, -0.2) is 0 Å². The Hall–Kier alpha value is -1.99. The minimum Gasteiger partial charge on any atom is -0.481 e. The van der Waals surface area contributed by atoms with Crippen molar-refractivity contribution < 1.29 is 9.15 Å². The van der Waals surface area contributed by atoms with E-state index in [9.17, 15) is 0 Å². The van der Waals surface area contributed by atoms with Crippen molar-refractivity contribution in [2.75, 3.05) is 6.54 Å². The molecule has 2 aromatic rings. The van der Waals surface area contributed by atoms with Crippen LogP contribution in [0.1, 0.15) is 19.6 Å². The van der Waals surface area contributed by atoms with Gasteiger partial charge < -0.3 is 14.9 Å². The van der Waals surface area contributed by atoms with E-state index in [1.807, 2.05) is 38.1 Å². The topological polar surface area (TPSA) is 72.2 Å². The van der Waals surface area contributed by atoms with Crippen molar-refractivity contribution in [1.82, 2.24) is 0 Å². The summed E-state index contributed by atoms with van der Waals surface area (Å²) in [6.45, 7) is 4.10. The van der Waals surface area contributed by atoms with Gasteiger partial charge in [0.2, 0.25) is 5.76 Å². The van der Waals surface area contributed by atoms with Crippen molar-refractivity contribution in [2.45, 2.75) is 19.4 Å². The number of fused-ring (bicyclic) bond motifs is 1. The van der Waals surface area contributed by atoms with Gasteiger partial charge in [0.25, 0.3) is 0 Å². The summed E-state index contributed by atoms with van der Waals surface area (Å²) < 4.78 is 11.2. The van der Waals surface area contributed by atoms with Gasteiger partial charge in [-0.3, -0.25) is 0 Å². The average Bonchev–Trinajstić information content (AvgIpc) is 2.67. The van der Waals surface area contributed by atoms with Crippen molar-refractivity contribution >= 4 is 11.0 Å². The number of para-hydroxylation sites is 1. The molecule has 0 aliphatic heterocycles. The summed E-state index contributed by atoms with van der Waals surface area (Å²) in [6, 6.07) is 9.39. The predicted molar refractivity (Wildman–Crippen MR) is 64.7 cm³/mol. The van der Waals surface area contributed by atoms with Crippen LogP contribution in [0.5, 0.6) is 5.75 Å². The minimum absolute atomic E-state index is 0.188. The summed E-state index contributed by atoms with van der Waals surface area (Å²) in [7, 11) is 0. The number of hydrogen-bond acceptors (Lipinski definition) is 4. The lowest BCUT2D eigenvalue weighted by Crippen LogP contribution is -2.37. The van der Waals surface area contributed by atoms with E-state index in [4.69, 9.17) is 20.1 Å². The first-order valence-electron chi connectivity index (χ1n) is 5.38. The molecule has 0 unspecified atom stereocenters. The van der Waals surface area contributed by atoms with Gasteiger partial charge in [-0.15, -0.1) is 0 Å². The Labute approximate surface area is 99.6 Å². The lowest BCUT2D eigenvalue weighted by molar-refractivity contribution is 0.119. The van der Waals surface area contributed by atoms with Crippen LogP contribution in [-0.4, -0.2) is 12.1 Å². The standard InChI is InChI=1S/C13H14N2O2/c1-13(2,8-15)17-12-9-5-3-4-6-10(9)16-11(12)7-14/h3-6H,8,15H2,1-2H3. The molecule has 0 atom stereocenters. The number of rotatable bonds is 3. The van der Waals surface area contributed by atoms with E-state index in [0.717, 1.165) is 5.39 Å². The molecule has 1 heterocycles. The lowest BCUT2D eigenvalue weighted by Gasteiger charge is -2.23. The second kappa shape index (κ2) is 4.11. The zero-order valence-corrected chi connectivity index (χ0v) is 9.86. The quantitative estimate of drug-likeness (QED) is 0.878.